The zero-order valence-electron chi connectivity index (χ0n) is 12.4. The van der Waals surface area contributed by atoms with Crippen molar-refractivity contribution >= 4 is 23.6 Å². The monoisotopic (exact) mass is 302 g/mol. The molecule has 1 saturated heterocycles. The predicted octanol–water partition coefficient (Wildman–Crippen LogP) is 1.91. The lowest BCUT2D eigenvalue weighted by Crippen LogP contribution is -2.47. The number of carbonyl (C=O) groups excluding carboxylic acids is 1. The second kappa shape index (κ2) is 8.52. The van der Waals surface area contributed by atoms with E-state index in [2.05, 4.69) is 0 Å². The summed E-state index contributed by atoms with van der Waals surface area (Å²) in [4.78, 5) is 25.2. The molecule has 2 atom stereocenters. The maximum absolute atomic E-state index is 12.3. The zero-order valence-corrected chi connectivity index (χ0v) is 13.2. The van der Waals surface area contributed by atoms with Gasteiger partial charge in [-0.05, 0) is 25.3 Å². The van der Waals surface area contributed by atoms with Crippen LogP contribution < -0.4 is 5.73 Å². The number of nitrogens with two attached hydrogens (primary N) is 1. The van der Waals surface area contributed by atoms with E-state index in [0.717, 1.165) is 25.7 Å². The van der Waals surface area contributed by atoms with Crippen LogP contribution in [0.15, 0.2) is 0 Å². The molecule has 1 heterocycles. The van der Waals surface area contributed by atoms with Gasteiger partial charge in [-0.1, -0.05) is 26.7 Å². The van der Waals surface area contributed by atoms with E-state index in [1.807, 2.05) is 13.8 Å². The third-order valence-electron chi connectivity index (χ3n) is 3.52. The van der Waals surface area contributed by atoms with E-state index in [9.17, 15) is 14.7 Å². The minimum atomic E-state index is -0.892. The van der Waals surface area contributed by atoms with Crippen LogP contribution in [0, 0.1) is 5.92 Å². The van der Waals surface area contributed by atoms with Gasteiger partial charge in [-0.2, -0.15) is 0 Å². The highest BCUT2D eigenvalue weighted by Gasteiger charge is 2.42. The van der Waals surface area contributed by atoms with Crippen molar-refractivity contribution in [2.45, 2.75) is 57.4 Å². The lowest BCUT2D eigenvalue weighted by molar-refractivity contribution is -0.149. The summed E-state index contributed by atoms with van der Waals surface area (Å²) in [5.41, 5.74) is 5.43. The molecule has 0 saturated carbocycles. The SMILES string of the molecule is CC(C)C1SCC(C(=O)O)N1C(=O)CCCCCCN. The van der Waals surface area contributed by atoms with Crippen LogP contribution in [0.2, 0.25) is 0 Å². The van der Waals surface area contributed by atoms with Crippen LogP contribution in [0.5, 0.6) is 0 Å². The van der Waals surface area contributed by atoms with Gasteiger partial charge in [-0.15, -0.1) is 11.8 Å². The fourth-order valence-electron chi connectivity index (χ4n) is 2.45. The Morgan fingerprint density at radius 3 is 2.50 bits per heavy atom. The maximum atomic E-state index is 12.3. The third-order valence-corrected chi connectivity index (χ3v) is 5.14. The van der Waals surface area contributed by atoms with Gasteiger partial charge in [0.05, 0.1) is 5.37 Å². The highest BCUT2D eigenvalue weighted by Crippen LogP contribution is 2.34. The molecule has 1 rings (SSSR count). The molecule has 2 unspecified atom stereocenters. The number of carboxylic acids is 1. The summed E-state index contributed by atoms with van der Waals surface area (Å²) >= 11 is 1.58. The Morgan fingerprint density at radius 1 is 1.30 bits per heavy atom. The lowest BCUT2D eigenvalue weighted by atomic mass is 10.1. The molecule has 0 aliphatic carbocycles. The number of thioether (sulfide) groups is 1. The van der Waals surface area contributed by atoms with Gasteiger partial charge in [0.1, 0.15) is 6.04 Å². The first-order valence-corrected chi connectivity index (χ1v) is 8.39. The molecule has 6 heteroatoms. The van der Waals surface area contributed by atoms with Gasteiger partial charge in [-0.25, -0.2) is 4.79 Å². The molecule has 116 valence electrons. The Balaban J connectivity index is 2.53. The number of unbranched alkanes of at least 4 members (excludes halogenated alkanes) is 3. The Morgan fingerprint density at radius 2 is 1.95 bits per heavy atom. The summed E-state index contributed by atoms with van der Waals surface area (Å²) < 4.78 is 0. The van der Waals surface area contributed by atoms with Gasteiger partial charge in [0, 0.05) is 12.2 Å². The molecule has 1 aliphatic heterocycles. The van der Waals surface area contributed by atoms with Crippen molar-refractivity contribution in [3.8, 4) is 0 Å². The van der Waals surface area contributed by atoms with Gasteiger partial charge in [-0.3, -0.25) is 4.79 Å². The van der Waals surface area contributed by atoms with E-state index in [0.29, 0.717) is 18.7 Å². The van der Waals surface area contributed by atoms with Crippen molar-refractivity contribution in [1.82, 2.24) is 4.90 Å². The summed E-state index contributed by atoms with van der Waals surface area (Å²) in [6, 6.07) is -0.663. The van der Waals surface area contributed by atoms with Gasteiger partial charge >= 0.3 is 5.97 Å². The van der Waals surface area contributed by atoms with Crippen LogP contribution in [0.1, 0.15) is 46.0 Å². The van der Waals surface area contributed by atoms with Crippen LogP contribution in [-0.4, -0.2) is 45.6 Å². The van der Waals surface area contributed by atoms with E-state index >= 15 is 0 Å². The molecule has 0 spiro atoms. The fraction of sp³-hybridized carbons (Fsp3) is 0.857. The van der Waals surface area contributed by atoms with Crippen LogP contribution >= 0.6 is 11.8 Å². The molecule has 20 heavy (non-hydrogen) atoms. The number of amides is 1. The zero-order chi connectivity index (χ0) is 15.1. The Labute approximate surface area is 125 Å². The topological polar surface area (TPSA) is 83.6 Å². The number of hydrogen-bond donors (Lipinski definition) is 2. The number of carboxylic acid groups (broad SMARTS) is 1. The van der Waals surface area contributed by atoms with Crippen molar-refractivity contribution in [3.63, 3.8) is 0 Å². The van der Waals surface area contributed by atoms with Crippen molar-refractivity contribution in [2.75, 3.05) is 12.3 Å². The molecular formula is C14H26N2O3S. The quantitative estimate of drug-likeness (QED) is 0.669. The third kappa shape index (κ3) is 4.66. The fourth-order valence-corrected chi connectivity index (χ4v) is 3.94. The average Bonchev–Trinajstić information content (AvgIpc) is 2.83. The molecule has 0 aromatic carbocycles. The van der Waals surface area contributed by atoms with Crippen LogP contribution in [0.4, 0.5) is 0 Å². The smallest absolute Gasteiger partial charge is 0.327 e. The van der Waals surface area contributed by atoms with Gasteiger partial charge < -0.3 is 15.7 Å². The molecule has 0 bridgehead atoms. The van der Waals surface area contributed by atoms with Crippen molar-refractivity contribution < 1.29 is 14.7 Å². The first-order chi connectivity index (χ1) is 9.49. The summed E-state index contributed by atoms with van der Waals surface area (Å²) in [6.45, 7) is 4.75. The standard InChI is InChI=1S/C14H26N2O3S/c1-10(2)13-16(11(9-20-13)14(18)19)12(17)7-5-3-4-6-8-15/h10-11,13H,3-9,15H2,1-2H3,(H,18,19). The van der Waals surface area contributed by atoms with Crippen LogP contribution in [-0.2, 0) is 9.59 Å². The minimum Gasteiger partial charge on any atom is -0.480 e. The first-order valence-electron chi connectivity index (χ1n) is 7.34. The number of rotatable bonds is 8. The number of carbonyl (C=O) groups is 2. The summed E-state index contributed by atoms with van der Waals surface area (Å²) in [5.74, 6) is -0.145. The maximum Gasteiger partial charge on any atom is 0.327 e. The minimum absolute atomic E-state index is 0.00681. The lowest BCUT2D eigenvalue weighted by Gasteiger charge is -2.29. The summed E-state index contributed by atoms with van der Waals surface area (Å²) in [6.07, 6.45) is 4.26. The second-order valence-corrected chi connectivity index (χ2v) is 6.73. The number of aliphatic carboxylic acids is 1. The average molecular weight is 302 g/mol. The van der Waals surface area contributed by atoms with E-state index in [1.165, 1.54) is 0 Å². The molecule has 1 fully saturated rings. The molecule has 3 N–H and O–H groups in total. The van der Waals surface area contributed by atoms with Crippen molar-refractivity contribution in [3.05, 3.63) is 0 Å². The Kier molecular flexibility index (Phi) is 7.37. The van der Waals surface area contributed by atoms with E-state index in [1.54, 1.807) is 16.7 Å². The van der Waals surface area contributed by atoms with Crippen molar-refractivity contribution in [1.29, 1.82) is 0 Å². The predicted molar refractivity (Wildman–Crippen MR) is 81.5 cm³/mol. The Bertz CT molecular complexity index is 336. The molecule has 0 aromatic rings. The van der Waals surface area contributed by atoms with Crippen LogP contribution in [0.25, 0.3) is 0 Å². The molecule has 1 amide bonds. The van der Waals surface area contributed by atoms with Gasteiger partial charge in [0.15, 0.2) is 0 Å². The van der Waals surface area contributed by atoms with Crippen LogP contribution in [0.3, 0.4) is 0 Å². The summed E-state index contributed by atoms with van der Waals surface area (Å²) in [5, 5.41) is 9.25. The summed E-state index contributed by atoms with van der Waals surface area (Å²) in [7, 11) is 0. The normalized spacial score (nSPS) is 22.5. The number of hydrogen-bond acceptors (Lipinski definition) is 4. The van der Waals surface area contributed by atoms with E-state index < -0.39 is 12.0 Å². The second-order valence-electron chi connectivity index (χ2n) is 5.58. The molecular weight excluding hydrogens is 276 g/mol. The largest absolute Gasteiger partial charge is 0.480 e. The molecule has 1 aliphatic rings. The van der Waals surface area contributed by atoms with Gasteiger partial charge in [0.2, 0.25) is 5.91 Å². The Hall–Kier alpha value is -0.750. The molecule has 0 aromatic heterocycles. The molecule has 0 radical (unpaired) electrons. The molecule has 5 nitrogen and oxygen atoms in total. The highest BCUT2D eigenvalue weighted by atomic mass is 32.2. The first kappa shape index (κ1) is 17.3. The van der Waals surface area contributed by atoms with E-state index in [4.69, 9.17) is 5.73 Å². The van der Waals surface area contributed by atoms with Crippen molar-refractivity contribution in [2.24, 2.45) is 11.7 Å². The van der Waals surface area contributed by atoms with Gasteiger partial charge in [0.25, 0.3) is 0 Å². The highest BCUT2D eigenvalue weighted by molar-refractivity contribution is 8.00. The van der Waals surface area contributed by atoms with E-state index in [-0.39, 0.29) is 17.2 Å². The number of nitrogens with zero attached hydrogens (tertiary/aromatic N) is 1.